The van der Waals surface area contributed by atoms with E-state index in [4.69, 9.17) is 11.6 Å². The lowest BCUT2D eigenvalue weighted by molar-refractivity contribution is -0.118. The number of nitrogens with one attached hydrogen (secondary N) is 1. The Labute approximate surface area is 127 Å². The van der Waals surface area contributed by atoms with Gasteiger partial charge in [-0.1, -0.05) is 24.3 Å². The predicted octanol–water partition coefficient (Wildman–Crippen LogP) is 2.49. The molecule has 0 saturated carbocycles. The topological polar surface area (TPSA) is 58.1 Å². The Morgan fingerprint density at radius 2 is 2.14 bits per heavy atom. The van der Waals surface area contributed by atoms with Crippen LogP contribution in [0.1, 0.15) is 22.9 Å². The highest BCUT2D eigenvalue weighted by Crippen LogP contribution is 2.41. The number of halogens is 1. The zero-order valence-corrected chi connectivity index (χ0v) is 12.2. The maximum absolute atomic E-state index is 12.5. The van der Waals surface area contributed by atoms with Crippen LogP contribution in [0.2, 0.25) is 5.28 Å². The monoisotopic (exact) mass is 300 g/mol. The SMILES string of the molecule is Cc1nc(Cl)nc2c1NC(=O)C1c3ccccc3CCN21. The molecule has 4 rings (SSSR count). The van der Waals surface area contributed by atoms with Gasteiger partial charge in [-0.2, -0.15) is 4.98 Å². The summed E-state index contributed by atoms with van der Waals surface area (Å²) in [6, 6.07) is 7.71. The van der Waals surface area contributed by atoms with Crippen LogP contribution in [0.5, 0.6) is 0 Å². The fourth-order valence-electron chi connectivity index (χ4n) is 3.15. The van der Waals surface area contributed by atoms with E-state index in [1.165, 1.54) is 5.56 Å². The minimum atomic E-state index is -0.340. The molecule has 0 fully saturated rings. The van der Waals surface area contributed by atoms with Gasteiger partial charge in [0.05, 0.1) is 5.69 Å². The molecular weight excluding hydrogens is 288 g/mol. The number of amides is 1. The first kappa shape index (κ1) is 12.6. The summed E-state index contributed by atoms with van der Waals surface area (Å²) in [4.78, 5) is 23.0. The van der Waals surface area contributed by atoms with Gasteiger partial charge < -0.3 is 10.2 Å². The Balaban J connectivity index is 1.91. The van der Waals surface area contributed by atoms with Gasteiger partial charge in [-0.25, -0.2) is 4.98 Å². The summed E-state index contributed by atoms with van der Waals surface area (Å²) in [6.45, 7) is 2.57. The molecular formula is C15H13ClN4O. The number of nitrogens with zero attached hydrogens (tertiary/aromatic N) is 3. The van der Waals surface area contributed by atoms with Crippen LogP contribution in [0.15, 0.2) is 24.3 Å². The van der Waals surface area contributed by atoms with Crippen molar-refractivity contribution < 1.29 is 4.79 Å². The molecule has 0 bridgehead atoms. The molecule has 1 amide bonds. The van der Waals surface area contributed by atoms with Crippen molar-refractivity contribution in [3.8, 4) is 0 Å². The molecule has 0 spiro atoms. The van der Waals surface area contributed by atoms with Gasteiger partial charge >= 0.3 is 0 Å². The van der Waals surface area contributed by atoms with Crippen LogP contribution in [-0.4, -0.2) is 22.4 Å². The fourth-order valence-corrected chi connectivity index (χ4v) is 3.35. The minimum Gasteiger partial charge on any atom is -0.338 e. The van der Waals surface area contributed by atoms with Gasteiger partial charge in [-0.3, -0.25) is 4.79 Å². The molecule has 106 valence electrons. The maximum atomic E-state index is 12.5. The molecule has 1 unspecified atom stereocenters. The lowest BCUT2D eigenvalue weighted by Crippen LogP contribution is -2.46. The maximum Gasteiger partial charge on any atom is 0.251 e. The van der Waals surface area contributed by atoms with Crippen LogP contribution in [-0.2, 0) is 11.2 Å². The average Bonchev–Trinajstić information content (AvgIpc) is 2.48. The third kappa shape index (κ3) is 1.81. The molecule has 2 aliphatic rings. The lowest BCUT2D eigenvalue weighted by atomic mass is 9.90. The molecule has 0 radical (unpaired) electrons. The quantitative estimate of drug-likeness (QED) is 0.760. The summed E-state index contributed by atoms with van der Waals surface area (Å²) in [6.07, 6.45) is 0.889. The molecule has 0 aliphatic carbocycles. The zero-order valence-electron chi connectivity index (χ0n) is 11.4. The second kappa shape index (κ2) is 4.43. The van der Waals surface area contributed by atoms with E-state index in [0.717, 1.165) is 18.5 Å². The molecule has 1 aromatic heterocycles. The summed E-state index contributed by atoms with van der Waals surface area (Å²) in [5, 5.41) is 3.14. The number of anilines is 2. The van der Waals surface area contributed by atoms with E-state index >= 15 is 0 Å². The van der Waals surface area contributed by atoms with E-state index in [2.05, 4.69) is 21.4 Å². The van der Waals surface area contributed by atoms with Crippen LogP contribution < -0.4 is 10.2 Å². The molecule has 21 heavy (non-hydrogen) atoms. The van der Waals surface area contributed by atoms with Crippen molar-refractivity contribution in [2.45, 2.75) is 19.4 Å². The zero-order chi connectivity index (χ0) is 14.6. The molecule has 5 nitrogen and oxygen atoms in total. The van der Waals surface area contributed by atoms with Crippen LogP contribution in [0, 0.1) is 6.92 Å². The van der Waals surface area contributed by atoms with Gasteiger partial charge in [0.15, 0.2) is 5.82 Å². The third-order valence-corrected chi connectivity index (χ3v) is 4.26. The van der Waals surface area contributed by atoms with E-state index in [0.29, 0.717) is 17.2 Å². The van der Waals surface area contributed by atoms with Gasteiger partial charge in [0.25, 0.3) is 5.91 Å². The number of hydrogen-bond acceptors (Lipinski definition) is 4. The van der Waals surface area contributed by atoms with Crippen molar-refractivity contribution in [3.05, 3.63) is 46.4 Å². The second-order valence-electron chi connectivity index (χ2n) is 5.31. The van der Waals surface area contributed by atoms with Crippen molar-refractivity contribution >= 4 is 29.0 Å². The standard InChI is InChI=1S/C15H13ClN4O/c1-8-11-13(19-15(16)17-8)20-7-6-9-4-2-3-5-10(9)12(20)14(21)18-11/h2-5,12H,6-7H2,1H3,(H,18,21). The van der Waals surface area contributed by atoms with Gasteiger partial charge in [0, 0.05) is 6.54 Å². The first-order valence-electron chi connectivity index (χ1n) is 6.84. The van der Waals surface area contributed by atoms with E-state index in [1.807, 2.05) is 30.0 Å². The Morgan fingerprint density at radius 3 is 3.00 bits per heavy atom. The van der Waals surface area contributed by atoms with E-state index in [-0.39, 0.29) is 17.2 Å². The molecule has 0 saturated heterocycles. The highest BCUT2D eigenvalue weighted by molar-refractivity contribution is 6.28. The van der Waals surface area contributed by atoms with E-state index in [1.54, 1.807) is 0 Å². The summed E-state index contributed by atoms with van der Waals surface area (Å²) >= 11 is 5.99. The van der Waals surface area contributed by atoms with Crippen molar-refractivity contribution in [1.29, 1.82) is 0 Å². The number of rotatable bonds is 0. The highest BCUT2D eigenvalue weighted by atomic mass is 35.5. The lowest BCUT2D eigenvalue weighted by Gasteiger charge is -2.41. The molecule has 1 N–H and O–H groups in total. The number of hydrogen-bond donors (Lipinski definition) is 1. The normalized spacial score (nSPS) is 19.4. The molecule has 2 aromatic rings. The van der Waals surface area contributed by atoms with Gasteiger partial charge in [-0.15, -0.1) is 0 Å². The highest BCUT2D eigenvalue weighted by Gasteiger charge is 2.39. The predicted molar refractivity (Wildman–Crippen MR) is 80.6 cm³/mol. The number of aryl methyl sites for hydroxylation is 1. The number of aromatic nitrogens is 2. The van der Waals surface area contributed by atoms with Gasteiger partial charge in [0.1, 0.15) is 11.7 Å². The van der Waals surface area contributed by atoms with Crippen LogP contribution in [0.3, 0.4) is 0 Å². The van der Waals surface area contributed by atoms with Crippen LogP contribution >= 0.6 is 11.6 Å². The van der Waals surface area contributed by atoms with Crippen LogP contribution in [0.25, 0.3) is 0 Å². The molecule has 1 aromatic carbocycles. The third-order valence-electron chi connectivity index (χ3n) is 4.10. The van der Waals surface area contributed by atoms with E-state index in [9.17, 15) is 4.79 Å². The van der Waals surface area contributed by atoms with Crippen molar-refractivity contribution in [3.63, 3.8) is 0 Å². The number of fused-ring (bicyclic) bond motifs is 5. The second-order valence-corrected chi connectivity index (χ2v) is 5.65. The number of carbonyl (C=O) groups excluding carboxylic acids is 1. The van der Waals surface area contributed by atoms with Crippen LogP contribution in [0.4, 0.5) is 11.5 Å². The molecule has 3 heterocycles. The number of benzene rings is 1. The molecule has 1 atom stereocenters. The Kier molecular flexibility index (Phi) is 2.65. The summed E-state index contributed by atoms with van der Waals surface area (Å²) in [5.74, 6) is 0.676. The minimum absolute atomic E-state index is 0.0383. The Bertz CT molecular complexity index is 761. The first-order valence-corrected chi connectivity index (χ1v) is 7.22. The first-order chi connectivity index (χ1) is 10.1. The fraction of sp³-hybridized carbons (Fsp3) is 0.267. The largest absolute Gasteiger partial charge is 0.338 e. The average molecular weight is 301 g/mol. The van der Waals surface area contributed by atoms with Gasteiger partial charge in [-0.05, 0) is 36.1 Å². The molecule has 2 aliphatic heterocycles. The summed E-state index contributed by atoms with van der Waals surface area (Å²) < 4.78 is 0. The van der Waals surface area contributed by atoms with Gasteiger partial charge in [0.2, 0.25) is 5.28 Å². The van der Waals surface area contributed by atoms with E-state index < -0.39 is 0 Å². The molecule has 6 heteroatoms. The smallest absolute Gasteiger partial charge is 0.251 e. The summed E-state index contributed by atoms with van der Waals surface area (Å²) in [5.41, 5.74) is 3.62. The Hall–Kier alpha value is -2.14. The Morgan fingerprint density at radius 1 is 1.33 bits per heavy atom. The van der Waals surface area contributed by atoms with Crippen molar-refractivity contribution in [2.75, 3.05) is 16.8 Å². The number of carbonyl (C=O) groups is 1. The van der Waals surface area contributed by atoms with Crippen molar-refractivity contribution in [2.24, 2.45) is 0 Å². The summed E-state index contributed by atoms with van der Waals surface area (Å²) in [7, 11) is 0. The van der Waals surface area contributed by atoms with Crippen molar-refractivity contribution in [1.82, 2.24) is 9.97 Å².